The van der Waals surface area contributed by atoms with Crippen molar-refractivity contribution in [1.29, 1.82) is 0 Å². The van der Waals surface area contributed by atoms with Gasteiger partial charge in [0.1, 0.15) is 0 Å². The van der Waals surface area contributed by atoms with Crippen LogP contribution in [-0.2, 0) is 0 Å². The van der Waals surface area contributed by atoms with Crippen LogP contribution in [-0.4, -0.2) is 11.6 Å². The van der Waals surface area contributed by atoms with Crippen molar-refractivity contribution < 1.29 is 0 Å². The molecular weight excluding hydrogens is 136 g/mol. The van der Waals surface area contributed by atoms with Crippen LogP contribution in [0.1, 0.15) is 20.8 Å². The quantitative estimate of drug-likeness (QED) is 0.503. The summed E-state index contributed by atoms with van der Waals surface area (Å²) in [5, 5.41) is 0. The van der Waals surface area contributed by atoms with E-state index in [0.29, 0.717) is 0 Å². The Kier molecular flexibility index (Phi) is 2.06. The van der Waals surface area contributed by atoms with Crippen LogP contribution in [0.25, 0.3) is 0 Å². The Hall–Kier alpha value is -1.14. The minimum absolute atomic E-state index is 0.0806. The van der Waals surface area contributed by atoms with Crippen molar-refractivity contribution in [3.63, 3.8) is 0 Å². The smallest absolute Gasteiger partial charge is 0.0551 e. The third-order valence-electron chi connectivity index (χ3n) is 1.40. The number of hydrogen-bond acceptors (Lipinski definition) is 2. The number of rotatable bonds is 0. The zero-order valence-electron chi connectivity index (χ0n) is 7.13. The molecule has 0 N–H and O–H groups in total. The van der Waals surface area contributed by atoms with Gasteiger partial charge >= 0.3 is 0 Å². The summed E-state index contributed by atoms with van der Waals surface area (Å²) in [6.07, 6.45) is 5.15. The predicted octanol–water partition coefficient (Wildman–Crippen LogP) is 2.18. The summed E-state index contributed by atoms with van der Waals surface area (Å²) >= 11 is 0. The average molecular weight is 148 g/mol. The molecule has 0 amide bonds. The van der Waals surface area contributed by atoms with Crippen molar-refractivity contribution in [1.82, 2.24) is 0 Å². The zero-order chi connectivity index (χ0) is 8.32. The van der Waals surface area contributed by atoms with Gasteiger partial charge in [0.05, 0.1) is 11.9 Å². The molecule has 0 bridgehead atoms. The SMILES string of the molecule is CC(C)(C)C1=NC=CN=C=C1. The van der Waals surface area contributed by atoms with Crippen molar-refractivity contribution in [2.24, 2.45) is 15.4 Å². The lowest BCUT2D eigenvalue weighted by atomic mass is 9.90. The summed E-state index contributed by atoms with van der Waals surface area (Å²) in [4.78, 5) is 8.05. The van der Waals surface area contributed by atoms with E-state index in [1.807, 2.05) is 6.08 Å². The van der Waals surface area contributed by atoms with E-state index in [2.05, 4.69) is 36.6 Å². The molecule has 0 unspecified atom stereocenters. The van der Waals surface area contributed by atoms with Gasteiger partial charge in [0, 0.05) is 17.7 Å². The summed E-state index contributed by atoms with van der Waals surface area (Å²) in [6.45, 7) is 6.34. The highest BCUT2D eigenvalue weighted by Gasteiger charge is 2.15. The topological polar surface area (TPSA) is 24.7 Å². The Morgan fingerprint density at radius 1 is 1.27 bits per heavy atom. The summed E-state index contributed by atoms with van der Waals surface area (Å²) in [6, 6.07) is 0. The molecule has 0 aromatic rings. The molecule has 58 valence electrons. The maximum absolute atomic E-state index is 4.22. The highest BCUT2D eigenvalue weighted by Crippen LogP contribution is 2.17. The molecule has 1 rings (SSSR count). The van der Waals surface area contributed by atoms with E-state index in [-0.39, 0.29) is 5.41 Å². The molecule has 0 aromatic heterocycles. The first-order valence-electron chi connectivity index (χ1n) is 3.62. The second kappa shape index (κ2) is 2.85. The van der Waals surface area contributed by atoms with Crippen molar-refractivity contribution in [2.75, 3.05) is 0 Å². The van der Waals surface area contributed by atoms with Crippen LogP contribution in [0.4, 0.5) is 0 Å². The van der Waals surface area contributed by atoms with Gasteiger partial charge in [-0.05, 0) is 5.87 Å². The van der Waals surface area contributed by atoms with Crippen LogP contribution in [0, 0.1) is 5.41 Å². The molecule has 11 heavy (non-hydrogen) atoms. The van der Waals surface area contributed by atoms with Gasteiger partial charge in [0.15, 0.2) is 0 Å². The van der Waals surface area contributed by atoms with Crippen molar-refractivity contribution in [2.45, 2.75) is 20.8 Å². The first-order chi connectivity index (χ1) is 5.11. The molecule has 0 aromatic carbocycles. The third-order valence-corrected chi connectivity index (χ3v) is 1.40. The molecule has 2 heteroatoms. The summed E-state index contributed by atoms with van der Waals surface area (Å²) in [5.74, 6) is 2.79. The minimum Gasteiger partial charge on any atom is -0.258 e. The fraction of sp³-hybridized carbons (Fsp3) is 0.444. The van der Waals surface area contributed by atoms with Crippen LogP contribution in [0.5, 0.6) is 0 Å². The van der Waals surface area contributed by atoms with Crippen LogP contribution in [0.15, 0.2) is 28.5 Å². The molecule has 0 atom stereocenters. The van der Waals surface area contributed by atoms with Gasteiger partial charge in [-0.1, -0.05) is 20.8 Å². The molecule has 1 aliphatic rings. The maximum atomic E-state index is 4.22. The fourth-order valence-corrected chi connectivity index (χ4v) is 0.736. The molecular formula is C9H12N2. The van der Waals surface area contributed by atoms with E-state index in [4.69, 9.17) is 0 Å². The van der Waals surface area contributed by atoms with Crippen LogP contribution < -0.4 is 0 Å². The monoisotopic (exact) mass is 148 g/mol. The highest BCUT2D eigenvalue weighted by molar-refractivity contribution is 6.04. The maximum Gasteiger partial charge on any atom is 0.0551 e. The van der Waals surface area contributed by atoms with E-state index in [1.165, 1.54) is 0 Å². The molecule has 0 saturated carbocycles. The van der Waals surface area contributed by atoms with Gasteiger partial charge in [-0.15, -0.1) is 0 Å². The molecule has 0 fully saturated rings. The average Bonchev–Trinajstić information content (AvgIpc) is 2.10. The Morgan fingerprint density at radius 2 is 2.00 bits per heavy atom. The number of nitrogens with zero attached hydrogens (tertiary/aromatic N) is 2. The summed E-state index contributed by atoms with van der Waals surface area (Å²) < 4.78 is 0. The van der Waals surface area contributed by atoms with Gasteiger partial charge in [0.2, 0.25) is 0 Å². The van der Waals surface area contributed by atoms with Crippen LogP contribution in [0.3, 0.4) is 0 Å². The van der Waals surface area contributed by atoms with E-state index in [1.54, 1.807) is 12.4 Å². The zero-order valence-corrected chi connectivity index (χ0v) is 7.13. The van der Waals surface area contributed by atoms with Crippen molar-refractivity contribution >= 4 is 11.6 Å². The first-order valence-corrected chi connectivity index (χ1v) is 3.62. The van der Waals surface area contributed by atoms with Crippen molar-refractivity contribution in [3.8, 4) is 0 Å². The standard InChI is InChI=1S/C9H12N2/c1-9(2,3)8-4-5-10-6-7-11-8/h4,6-7H,1-3H3. The lowest BCUT2D eigenvalue weighted by Gasteiger charge is -2.16. The van der Waals surface area contributed by atoms with Crippen molar-refractivity contribution in [3.05, 3.63) is 18.5 Å². The molecule has 1 heterocycles. The van der Waals surface area contributed by atoms with Gasteiger partial charge in [-0.25, -0.2) is 4.99 Å². The molecule has 0 saturated heterocycles. The second-order valence-electron chi connectivity index (χ2n) is 3.47. The highest BCUT2D eigenvalue weighted by atomic mass is 14.8. The summed E-state index contributed by atoms with van der Waals surface area (Å²) in [5.41, 5.74) is 1.09. The Morgan fingerprint density at radius 3 is 2.64 bits per heavy atom. The third kappa shape index (κ3) is 2.17. The Bertz CT molecular complexity index is 258. The van der Waals surface area contributed by atoms with Gasteiger partial charge in [-0.3, -0.25) is 4.99 Å². The normalized spacial score (nSPS) is 16.5. The molecule has 2 nitrogen and oxygen atoms in total. The second-order valence-corrected chi connectivity index (χ2v) is 3.47. The first kappa shape index (κ1) is 7.96. The predicted molar refractivity (Wildman–Crippen MR) is 48.0 cm³/mol. The molecule has 0 aliphatic carbocycles. The molecule has 1 aliphatic heterocycles. The van der Waals surface area contributed by atoms with Gasteiger partial charge in [-0.2, -0.15) is 0 Å². The lowest BCUT2D eigenvalue weighted by molar-refractivity contribution is 0.594. The van der Waals surface area contributed by atoms with E-state index in [9.17, 15) is 0 Å². The number of aliphatic imine (C=N–C) groups is 2. The fourth-order valence-electron chi connectivity index (χ4n) is 0.736. The van der Waals surface area contributed by atoms with Gasteiger partial charge in [0.25, 0.3) is 0 Å². The van der Waals surface area contributed by atoms with Crippen LogP contribution >= 0.6 is 0 Å². The number of allylic oxidation sites excluding steroid dienone is 1. The number of hydrogen-bond donors (Lipinski definition) is 0. The lowest BCUT2D eigenvalue weighted by Crippen LogP contribution is -2.17. The van der Waals surface area contributed by atoms with E-state index < -0.39 is 0 Å². The van der Waals surface area contributed by atoms with Crippen LogP contribution in [0.2, 0.25) is 0 Å². The van der Waals surface area contributed by atoms with E-state index >= 15 is 0 Å². The molecule has 0 radical (unpaired) electrons. The van der Waals surface area contributed by atoms with Gasteiger partial charge < -0.3 is 0 Å². The minimum atomic E-state index is 0.0806. The Balaban J connectivity index is 2.97. The largest absolute Gasteiger partial charge is 0.258 e. The Labute approximate surface area is 67.1 Å². The summed E-state index contributed by atoms with van der Waals surface area (Å²) in [7, 11) is 0. The molecule has 0 spiro atoms. The van der Waals surface area contributed by atoms with E-state index in [0.717, 1.165) is 5.71 Å².